The van der Waals surface area contributed by atoms with Gasteiger partial charge in [-0.05, 0) is 53.6 Å². The van der Waals surface area contributed by atoms with Crippen LogP contribution in [0.5, 0.6) is 5.75 Å². The largest absolute Gasteiger partial charge is 0.483 e. The average Bonchev–Trinajstić information content (AvgIpc) is 2.87. The molecule has 0 spiro atoms. The van der Waals surface area contributed by atoms with Crippen molar-refractivity contribution in [1.29, 1.82) is 5.26 Å². The van der Waals surface area contributed by atoms with Crippen LogP contribution >= 0.6 is 0 Å². The first-order valence-corrected chi connectivity index (χ1v) is 9.38. The molecule has 0 aromatic heterocycles. The van der Waals surface area contributed by atoms with Crippen LogP contribution in [0, 0.1) is 17.1 Å². The minimum Gasteiger partial charge on any atom is -0.483 e. The predicted octanol–water partition coefficient (Wildman–Crippen LogP) is 5.32. The second kappa shape index (κ2) is 7.84. The van der Waals surface area contributed by atoms with Crippen molar-refractivity contribution in [3.05, 3.63) is 89.2 Å². The van der Waals surface area contributed by atoms with Gasteiger partial charge in [-0.1, -0.05) is 42.5 Å². The maximum Gasteiger partial charge on any atom is 0.165 e. The van der Waals surface area contributed by atoms with Gasteiger partial charge in [0, 0.05) is 19.5 Å². The van der Waals surface area contributed by atoms with Crippen LogP contribution in [0.15, 0.2) is 66.7 Å². The Morgan fingerprint density at radius 1 is 1.07 bits per heavy atom. The monoisotopic (exact) mass is 372 g/mol. The molecular formula is C24H21FN2O. The summed E-state index contributed by atoms with van der Waals surface area (Å²) < 4.78 is 20.2. The highest BCUT2D eigenvalue weighted by Crippen LogP contribution is 2.34. The van der Waals surface area contributed by atoms with Crippen molar-refractivity contribution < 1.29 is 9.13 Å². The number of para-hydroxylation sites is 1. The molecule has 0 amide bonds. The summed E-state index contributed by atoms with van der Waals surface area (Å²) in [5.74, 6) is -0.0666. The molecule has 4 rings (SSSR count). The Morgan fingerprint density at radius 3 is 2.68 bits per heavy atom. The number of rotatable bonds is 3. The van der Waals surface area contributed by atoms with E-state index in [0.717, 1.165) is 41.8 Å². The first kappa shape index (κ1) is 18.2. The van der Waals surface area contributed by atoms with Crippen molar-refractivity contribution in [2.75, 3.05) is 13.6 Å². The van der Waals surface area contributed by atoms with E-state index in [1.807, 2.05) is 30.3 Å². The molecule has 1 atom stereocenters. The number of halogens is 1. The lowest BCUT2D eigenvalue weighted by atomic mass is 9.94. The first-order valence-electron chi connectivity index (χ1n) is 9.38. The molecule has 1 unspecified atom stereocenters. The summed E-state index contributed by atoms with van der Waals surface area (Å²) in [5, 5.41) is 9.42. The topological polar surface area (TPSA) is 36.3 Å². The SMILES string of the molecule is CN1CCC(Oc2ccccc2F)c2ccc(-c3ccccc3C#N)cc2C1. The van der Waals surface area contributed by atoms with Crippen molar-refractivity contribution in [3.8, 4) is 22.9 Å². The molecule has 3 aromatic rings. The second-order valence-corrected chi connectivity index (χ2v) is 7.13. The molecule has 0 bridgehead atoms. The third-order valence-corrected chi connectivity index (χ3v) is 5.17. The number of nitriles is 1. The Bertz CT molecular complexity index is 1040. The summed E-state index contributed by atoms with van der Waals surface area (Å²) in [5.41, 5.74) is 4.81. The van der Waals surface area contributed by atoms with Gasteiger partial charge in [-0.25, -0.2) is 4.39 Å². The van der Waals surface area contributed by atoms with E-state index in [1.165, 1.54) is 6.07 Å². The molecule has 0 saturated heterocycles. The fourth-order valence-corrected chi connectivity index (χ4v) is 3.74. The number of ether oxygens (including phenoxy) is 1. The van der Waals surface area contributed by atoms with Crippen LogP contribution in [0.3, 0.4) is 0 Å². The molecule has 0 saturated carbocycles. The zero-order valence-corrected chi connectivity index (χ0v) is 15.7. The van der Waals surface area contributed by atoms with Gasteiger partial charge in [0.1, 0.15) is 6.10 Å². The molecule has 0 fully saturated rings. The van der Waals surface area contributed by atoms with Gasteiger partial charge >= 0.3 is 0 Å². The first-order chi connectivity index (χ1) is 13.7. The van der Waals surface area contributed by atoms with Gasteiger partial charge < -0.3 is 9.64 Å². The van der Waals surface area contributed by atoms with Gasteiger partial charge in [-0.2, -0.15) is 5.26 Å². The summed E-state index contributed by atoms with van der Waals surface area (Å²) in [6.45, 7) is 1.65. The highest BCUT2D eigenvalue weighted by molar-refractivity contribution is 5.71. The third-order valence-electron chi connectivity index (χ3n) is 5.17. The fraction of sp³-hybridized carbons (Fsp3) is 0.208. The predicted molar refractivity (Wildman–Crippen MR) is 107 cm³/mol. The highest BCUT2D eigenvalue weighted by atomic mass is 19.1. The molecule has 140 valence electrons. The molecular weight excluding hydrogens is 351 g/mol. The molecule has 1 heterocycles. The van der Waals surface area contributed by atoms with Crippen LogP contribution < -0.4 is 4.74 Å². The summed E-state index contributed by atoms with van der Waals surface area (Å²) in [4.78, 5) is 2.24. The van der Waals surface area contributed by atoms with Crippen molar-refractivity contribution in [3.63, 3.8) is 0 Å². The van der Waals surface area contributed by atoms with E-state index in [2.05, 4.69) is 30.1 Å². The molecule has 28 heavy (non-hydrogen) atoms. The van der Waals surface area contributed by atoms with E-state index in [9.17, 15) is 9.65 Å². The Hall–Kier alpha value is -3.16. The number of hydrogen-bond acceptors (Lipinski definition) is 3. The lowest BCUT2D eigenvalue weighted by Gasteiger charge is -2.20. The van der Waals surface area contributed by atoms with E-state index < -0.39 is 0 Å². The normalized spacial score (nSPS) is 16.7. The van der Waals surface area contributed by atoms with E-state index >= 15 is 0 Å². The van der Waals surface area contributed by atoms with Crippen molar-refractivity contribution in [2.24, 2.45) is 0 Å². The summed E-state index contributed by atoms with van der Waals surface area (Å²) in [7, 11) is 2.07. The number of fused-ring (bicyclic) bond motifs is 1. The van der Waals surface area contributed by atoms with Crippen LogP contribution in [0.1, 0.15) is 29.2 Å². The summed E-state index contributed by atoms with van der Waals surface area (Å²) in [6, 6.07) is 22.6. The van der Waals surface area contributed by atoms with Gasteiger partial charge in [0.2, 0.25) is 0 Å². The molecule has 1 aliphatic rings. The molecule has 1 aliphatic heterocycles. The van der Waals surface area contributed by atoms with E-state index in [0.29, 0.717) is 5.56 Å². The second-order valence-electron chi connectivity index (χ2n) is 7.13. The van der Waals surface area contributed by atoms with E-state index in [-0.39, 0.29) is 17.7 Å². The standard InChI is InChI=1S/C24H21FN2O/c1-27-13-12-23(28-24-9-5-4-8-22(24)25)21-11-10-17(14-19(21)16-27)20-7-3-2-6-18(20)15-26/h2-11,14,23H,12-13,16H2,1H3. The zero-order valence-electron chi connectivity index (χ0n) is 15.7. The van der Waals surface area contributed by atoms with Crippen LogP contribution in [0.4, 0.5) is 4.39 Å². The lowest BCUT2D eigenvalue weighted by Crippen LogP contribution is -2.18. The average molecular weight is 372 g/mol. The summed E-state index contributed by atoms with van der Waals surface area (Å²) >= 11 is 0. The highest BCUT2D eigenvalue weighted by Gasteiger charge is 2.24. The molecule has 4 heteroatoms. The van der Waals surface area contributed by atoms with Crippen molar-refractivity contribution in [1.82, 2.24) is 4.90 Å². The number of hydrogen-bond donors (Lipinski definition) is 0. The van der Waals surface area contributed by atoms with Crippen LogP contribution in [0.2, 0.25) is 0 Å². The van der Waals surface area contributed by atoms with Gasteiger partial charge in [0.05, 0.1) is 11.6 Å². The van der Waals surface area contributed by atoms with Crippen molar-refractivity contribution in [2.45, 2.75) is 19.1 Å². The number of benzene rings is 3. The minimum absolute atomic E-state index is 0.211. The maximum absolute atomic E-state index is 14.1. The van der Waals surface area contributed by atoms with Gasteiger partial charge in [0.25, 0.3) is 0 Å². The summed E-state index contributed by atoms with van der Waals surface area (Å²) in [6.07, 6.45) is 0.573. The van der Waals surface area contributed by atoms with Crippen molar-refractivity contribution >= 4 is 0 Å². The Labute approximate surface area is 164 Å². The molecule has 0 N–H and O–H groups in total. The quantitative estimate of drug-likeness (QED) is 0.624. The lowest BCUT2D eigenvalue weighted by molar-refractivity contribution is 0.175. The van der Waals surface area contributed by atoms with E-state index in [1.54, 1.807) is 18.2 Å². The molecule has 3 aromatic carbocycles. The molecule has 3 nitrogen and oxygen atoms in total. The van der Waals surface area contributed by atoms with Gasteiger partial charge in [0.15, 0.2) is 11.6 Å². The Balaban J connectivity index is 1.74. The van der Waals surface area contributed by atoms with Crippen LogP contribution in [0.25, 0.3) is 11.1 Å². The third kappa shape index (κ3) is 3.62. The fourth-order valence-electron chi connectivity index (χ4n) is 3.74. The number of nitrogens with zero attached hydrogens (tertiary/aromatic N) is 2. The minimum atomic E-state index is -0.346. The van der Waals surface area contributed by atoms with Crippen LogP contribution in [-0.2, 0) is 6.54 Å². The van der Waals surface area contributed by atoms with Crippen LogP contribution in [-0.4, -0.2) is 18.5 Å². The smallest absolute Gasteiger partial charge is 0.165 e. The molecule has 0 aliphatic carbocycles. The Morgan fingerprint density at radius 2 is 1.86 bits per heavy atom. The Kier molecular flexibility index (Phi) is 5.10. The van der Waals surface area contributed by atoms with E-state index in [4.69, 9.17) is 4.74 Å². The molecule has 0 radical (unpaired) electrons. The maximum atomic E-state index is 14.1. The zero-order chi connectivity index (χ0) is 19.5. The van der Waals surface area contributed by atoms with Gasteiger partial charge in [-0.3, -0.25) is 0 Å². The van der Waals surface area contributed by atoms with Gasteiger partial charge in [-0.15, -0.1) is 0 Å².